The largest absolute Gasteiger partial charge is 0.465 e. The van der Waals surface area contributed by atoms with Crippen molar-refractivity contribution in [1.29, 1.82) is 0 Å². The van der Waals surface area contributed by atoms with E-state index in [-0.39, 0.29) is 11.4 Å². The smallest absolute Gasteiger partial charge is 0.337 e. The van der Waals surface area contributed by atoms with Gasteiger partial charge < -0.3 is 10.1 Å². The minimum atomic E-state index is -3.79. The Morgan fingerprint density at radius 1 is 1.10 bits per heavy atom. The zero-order valence-electron chi connectivity index (χ0n) is 16.4. The Morgan fingerprint density at radius 3 is 2.52 bits per heavy atom. The molecule has 0 aliphatic carbocycles. The van der Waals surface area contributed by atoms with E-state index in [1.54, 1.807) is 37.3 Å². The Morgan fingerprint density at radius 2 is 1.83 bits per heavy atom. The third kappa shape index (κ3) is 4.49. The van der Waals surface area contributed by atoms with Gasteiger partial charge in [-0.2, -0.15) is 4.31 Å². The first-order chi connectivity index (χ1) is 13.8. The lowest BCUT2D eigenvalue weighted by molar-refractivity contribution is -0.120. The van der Waals surface area contributed by atoms with Crippen LogP contribution in [0.25, 0.3) is 0 Å². The molecule has 2 aromatic carbocycles. The van der Waals surface area contributed by atoms with Gasteiger partial charge in [0.1, 0.15) is 6.04 Å². The van der Waals surface area contributed by atoms with E-state index in [9.17, 15) is 18.0 Å². The molecular formula is C21H24N2O5S. The molecule has 154 valence electrons. The monoisotopic (exact) mass is 416 g/mol. The van der Waals surface area contributed by atoms with Crippen LogP contribution >= 0.6 is 0 Å². The van der Waals surface area contributed by atoms with Crippen molar-refractivity contribution in [3.8, 4) is 0 Å². The molecule has 0 saturated carbocycles. The standard InChI is InChI=1S/C21H24N2O5S/c1-15-11-12-16(21(25)28-2)14-18(15)22-20(24)19-10-6-7-13-23(19)29(26,27)17-8-4-3-5-9-17/h3-5,8-9,11-12,14,19H,6-7,10,13H2,1-2H3,(H,22,24)/t19-/m0/s1. The maximum Gasteiger partial charge on any atom is 0.337 e. The first kappa shape index (κ1) is 21.0. The van der Waals surface area contributed by atoms with Crippen LogP contribution in [0.1, 0.15) is 35.2 Å². The van der Waals surface area contributed by atoms with Gasteiger partial charge in [-0.15, -0.1) is 0 Å². The van der Waals surface area contributed by atoms with Gasteiger partial charge in [0.2, 0.25) is 15.9 Å². The first-order valence-electron chi connectivity index (χ1n) is 9.41. The van der Waals surface area contributed by atoms with Crippen molar-refractivity contribution >= 4 is 27.6 Å². The molecule has 0 unspecified atom stereocenters. The third-order valence-corrected chi connectivity index (χ3v) is 6.95. The Bertz CT molecular complexity index is 1000. The second-order valence-electron chi connectivity index (χ2n) is 6.95. The summed E-state index contributed by atoms with van der Waals surface area (Å²) in [7, 11) is -2.50. The molecule has 1 aliphatic rings. The maximum atomic E-state index is 13.1. The van der Waals surface area contributed by atoms with Crippen LogP contribution in [0, 0.1) is 6.92 Å². The molecule has 7 nitrogen and oxygen atoms in total. The van der Waals surface area contributed by atoms with Gasteiger partial charge in [0.25, 0.3) is 0 Å². The van der Waals surface area contributed by atoms with Gasteiger partial charge in [-0.25, -0.2) is 13.2 Å². The van der Waals surface area contributed by atoms with Crippen LogP contribution in [0.15, 0.2) is 53.4 Å². The van der Waals surface area contributed by atoms with E-state index in [0.717, 1.165) is 12.0 Å². The summed E-state index contributed by atoms with van der Waals surface area (Å²) in [5.74, 6) is -0.916. The van der Waals surface area contributed by atoms with Gasteiger partial charge in [-0.1, -0.05) is 30.7 Å². The molecule has 29 heavy (non-hydrogen) atoms. The number of amides is 1. The van der Waals surface area contributed by atoms with E-state index in [4.69, 9.17) is 4.74 Å². The number of sulfonamides is 1. The van der Waals surface area contributed by atoms with Crippen LogP contribution in [0.3, 0.4) is 0 Å². The highest BCUT2D eigenvalue weighted by atomic mass is 32.2. The summed E-state index contributed by atoms with van der Waals surface area (Å²) in [6.45, 7) is 2.09. The number of piperidine rings is 1. The second-order valence-corrected chi connectivity index (χ2v) is 8.84. The van der Waals surface area contributed by atoms with E-state index in [0.29, 0.717) is 24.1 Å². The average Bonchev–Trinajstić information content (AvgIpc) is 2.75. The highest BCUT2D eigenvalue weighted by molar-refractivity contribution is 7.89. The summed E-state index contributed by atoms with van der Waals surface area (Å²) in [5.41, 5.74) is 1.53. The molecule has 1 aliphatic heterocycles. The van der Waals surface area contributed by atoms with Crippen molar-refractivity contribution in [2.75, 3.05) is 19.0 Å². The fourth-order valence-corrected chi connectivity index (χ4v) is 5.08. The Balaban J connectivity index is 1.87. The minimum absolute atomic E-state index is 0.170. The number of benzene rings is 2. The predicted octanol–water partition coefficient (Wildman–Crippen LogP) is 2.96. The van der Waals surface area contributed by atoms with Crippen LogP contribution in [0.2, 0.25) is 0 Å². The van der Waals surface area contributed by atoms with Gasteiger partial charge in [0, 0.05) is 12.2 Å². The van der Waals surface area contributed by atoms with Crippen LogP contribution in [-0.2, 0) is 19.6 Å². The molecule has 3 rings (SSSR count). The number of hydrogen-bond donors (Lipinski definition) is 1. The fraction of sp³-hybridized carbons (Fsp3) is 0.333. The second kappa shape index (κ2) is 8.75. The molecule has 1 saturated heterocycles. The van der Waals surface area contributed by atoms with E-state index >= 15 is 0 Å². The molecule has 1 atom stereocenters. The summed E-state index contributed by atoms with van der Waals surface area (Å²) in [5, 5.41) is 2.80. The number of aryl methyl sites for hydroxylation is 1. The highest BCUT2D eigenvalue weighted by Gasteiger charge is 2.37. The average molecular weight is 416 g/mol. The highest BCUT2D eigenvalue weighted by Crippen LogP contribution is 2.27. The summed E-state index contributed by atoms with van der Waals surface area (Å²) in [6.07, 6.45) is 1.90. The molecule has 8 heteroatoms. The number of nitrogens with zero attached hydrogens (tertiary/aromatic N) is 1. The third-order valence-electron chi connectivity index (χ3n) is 5.02. The Kier molecular flexibility index (Phi) is 6.34. The number of esters is 1. The van der Waals surface area contributed by atoms with Gasteiger partial charge in [0.05, 0.1) is 17.6 Å². The lowest BCUT2D eigenvalue weighted by Crippen LogP contribution is -2.49. The molecule has 2 aromatic rings. The molecule has 1 heterocycles. The number of anilines is 1. The van der Waals surface area contributed by atoms with Crippen LogP contribution in [0.5, 0.6) is 0 Å². The van der Waals surface area contributed by atoms with Gasteiger partial charge in [-0.3, -0.25) is 4.79 Å². The van der Waals surface area contributed by atoms with Crippen molar-refractivity contribution in [2.45, 2.75) is 37.1 Å². The normalized spacial score (nSPS) is 17.5. The molecule has 0 bridgehead atoms. The van der Waals surface area contributed by atoms with Crippen molar-refractivity contribution in [1.82, 2.24) is 4.31 Å². The number of ether oxygens (including phenoxy) is 1. The number of carbonyl (C=O) groups is 2. The van der Waals surface area contributed by atoms with Crippen LogP contribution < -0.4 is 5.32 Å². The molecule has 0 spiro atoms. The molecule has 0 radical (unpaired) electrons. The van der Waals surface area contributed by atoms with Gasteiger partial charge in [-0.05, 0) is 49.6 Å². The van der Waals surface area contributed by atoms with E-state index < -0.39 is 27.9 Å². The number of hydrogen-bond acceptors (Lipinski definition) is 5. The van der Waals surface area contributed by atoms with Crippen LogP contribution in [-0.4, -0.2) is 44.3 Å². The number of rotatable bonds is 5. The summed E-state index contributed by atoms with van der Waals surface area (Å²) in [6, 6.07) is 12.2. The summed E-state index contributed by atoms with van der Waals surface area (Å²) < 4.78 is 32.2. The van der Waals surface area contributed by atoms with Gasteiger partial charge >= 0.3 is 5.97 Å². The maximum absolute atomic E-state index is 13.1. The van der Waals surface area contributed by atoms with Crippen molar-refractivity contribution in [3.05, 3.63) is 59.7 Å². The fourth-order valence-electron chi connectivity index (χ4n) is 3.40. The molecule has 0 aromatic heterocycles. The Labute approximate surface area is 170 Å². The molecular weight excluding hydrogens is 392 g/mol. The molecule has 1 N–H and O–H groups in total. The summed E-state index contributed by atoms with van der Waals surface area (Å²) in [4.78, 5) is 25.0. The van der Waals surface area contributed by atoms with Crippen molar-refractivity contribution < 1.29 is 22.7 Å². The van der Waals surface area contributed by atoms with Crippen molar-refractivity contribution in [2.24, 2.45) is 0 Å². The predicted molar refractivity (Wildman–Crippen MR) is 109 cm³/mol. The number of methoxy groups -OCH3 is 1. The summed E-state index contributed by atoms with van der Waals surface area (Å²) >= 11 is 0. The number of nitrogens with one attached hydrogen (secondary N) is 1. The minimum Gasteiger partial charge on any atom is -0.465 e. The van der Waals surface area contributed by atoms with Gasteiger partial charge in [0.15, 0.2) is 0 Å². The van der Waals surface area contributed by atoms with Crippen LogP contribution in [0.4, 0.5) is 5.69 Å². The SMILES string of the molecule is COC(=O)c1ccc(C)c(NC(=O)[C@@H]2CCCCN2S(=O)(=O)c2ccccc2)c1. The van der Waals surface area contributed by atoms with E-state index in [1.807, 2.05) is 0 Å². The zero-order chi connectivity index (χ0) is 21.0. The number of carbonyl (C=O) groups excluding carboxylic acids is 2. The Hall–Kier alpha value is -2.71. The lowest BCUT2D eigenvalue weighted by atomic mass is 10.0. The lowest BCUT2D eigenvalue weighted by Gasteiger charge is -2.33. The zero-order valence-corrected chi connectivity index (χ0v) is 17.2. The van der Waals surface area contributed by atoms with Crippen molar-refractivity contribution in [3.63, 3.8) is 0 Å². The molecule has 1 amide bonds. The van der Waals surface area contributed by atoms with E-state index in [1.165, 1.54) is 29.6 Å². The molecule has 1 fully saturated rings. The van der Waals surface area contributed by atoms with E-state index in [2.05, 4.69) is 5.32 Å². The topological polar surface area (TPSA) is 92.8 Å². The quantitative estimate of drug-likeness (QED) is 0.757. The first-order valence-corrected chi connectivity index (χ1v) is 10.9.